The summed E-state index contributed by atoms with van der Waals surface area (Å²) >= 11 is 0. The van der Waals surface area contributed by atoms with Gasteiger partial charge in [-0.2, -0.15) is 0 Å². The zero-order chi connectivity index (χ0) is 12.0. The van der Waals surface area contributed by atoms with Gasteiger partial charge in [-0.15, -0.1) is 0 Å². The molecular weight excluding hydrogens is 206 g/mol. The van der Waals surface area contributed by atoms with Crippen molar-refractivity contribution in [2.45, 2.75) is 13.0 Å². The van der Waals surface area contributed by atoms with Crippen LogP contribution in [0, 0.1) is 6.92 Å². The molecule has 0 spiro atoms. The van der Waals surface area contributed by atoms with Crippen molar-refractivity contribution in [2.75, 3.05) is 20.3 Å². The Morgan fingerprint density at radius 1 is 1.69 bits per heavy atom. The monoisotopic (exact) mass is 223 g/mol. The van der Waals surface area contributed by atoms with E-state index in [9.17, 15) is 4.79 Å². The Morgan fingerprint density at radius 2 is 2.44 bits per heavy atom. The number of nitrogens with one attached hydrogen (secondary N) is 1. The van der Waals surface area contributed by atoms with E-state index < -0.39 is 0 Å². The Hall–Kier alpha value is -1.46. The van der Waals surface area contributed by atoms with Gasteiger partial charge in [-0.1, -0.05) is 0 Å². The topological polar surface area (TPSA) is 77.2 Å². The number of aryl methyl sites for hydroxylation is 1. The van der Waals surface area contributed by atoms with Crippen LogP contribution in [0.2, 0.25) is 0 Å². The second-order valence-electron chi connectivity index (χ2n) is 3.55. The highest BCUT2D eigenvalue weighted by atomic mass is 16.5. The Labute approximate surface area is 95.0 Å². The smallest absolute Gasteiger partial charge is 0.251 e. The minimum absolute atomic E-state index is 0.155. The van der Waals surface area contributed by atoms with Crippen molar-refractivity contribution in [3.05, 3.63) is 29.6 Å². The van der Waals surface area contributed by atoms with Crippen molar-refractivity contribution in [3.8, 4) is 0 Å². The molecule has 0 bridgehead atoms. The molecule has 1 heterocycles. The van der Waals surface area contributed by atoms with E-state index in [1.807, 2.05) is 6.92 Å². The Bertz CT molecular complexity index is 355. The fraction of sp³-hybridized carbons (Fsp3) is 0.455. The van der Waals surface area contributed by atoms with Crippen molar-refractivity contribution < 1.29 is 9.53 Å². The summed E-state index contributed by atoms with van der Waals surface area (Å²) < 4.78 is 4.95. The molecule has 0 aliphatic carbocycles. The maximum Gasteiger partial charge on any atom is 0.251 e. The first-order valence-corrected chi connectivity index (χ1v) is 5.10. The van der Waals surface area contributed by atoms with Crippen LogP contribution in [0.25, 0.3) is 0 Å². The number of carbonyl (C=O) groups is 1. The first kappa shape index (κ1) is 12.6. The summed E-state index contributed by atoms with van der Waals surface area (Å²) in [6, 6.07) is 3.24. The highest BCUT2D eigenvalue weighted by Crippen LogP contribution is 2.01. The van der Waals surface area contributed by atoms with Crippen LogP contribution in [-0.4, -0.2) is 37.2 Å². The standard InChI is InChI=1S/C11H17N3O2/c1-8-5-9(3-4-13-8)11(15)14-10(6-12)7-16-2/h3-5,10H,6-7,12H2,1-2H3,(H,14,15). The summed E-state index contributed by atoms with van der Waals surface area (Å²) in [4.78, 5) is 15.8. The van der Waals surface area contributed by atoms with Crippen molar-refractivity contribution in [1.29, 1.82) is 0 Å². The second-order valence-corrected chi connectivity index (χ2v) is 3.55. The number of nitrogens with two attached hydrogens (primary N) is 1. The highest BCUT2D eigenvalue weighted by molar-refractivity contribution is 5.94. The van der Waals surface area contributed by atoms with Gasteiger partial charge in [0, 0.05) is 31.1 Å². The quantitative estimate of drug-likeness (QED) is 0.742. The molecule has 5 heteroatoms. The van der Waals surface area contributed by atoms with Gasteiger partial charge < -0.3 is 15.8 Å². The number of carbonyl (C=O) groups excluding carboxylic acids is 1. The van der Waals surface area contributed by atoms with E-state index in [4.69, 9.17) is 10.5 Å². The van der Waals surface area contributed by atoms with E-state index >= 15 is 0 Å². The minimum Gasteiger partial charge on any atom is -0.383 e. The number of nitrogens with zero attached hydrogens (tertiary/aromatic N) is 1. The van der Waals surface area contributed by atoms with Crippen molar-refractivity contribution >= 4 is 5.91 Å². The predicted octanol–water partition coefficient (Wildman–Crippen LogP) is 0.0935. The number of amides is 1. The van der Waals surface area contributed by atoms with Crippen LogP contribution in [0.1, 0.15) is 16.1 Å². The van der Waals surface area contributed by atoms with Gasteiger partial charge in [0.15, 0.2) is 0 Å². The molecule has 0 aliphatic heterocycles. The number of aromatic nitrogens is 1. The zero-order valence-corrected chi connectivity index (χ0v) is 9.56. The number of pyridine rings is 1. The Kier molecular flexibility index (Phi) is 4.88. The molecule has 88 valence electrons. The van der Waals surface area contributed by atoms with Gasteiger partial charge in [0.25, 0.3) is 5.91 Å². The largest absolute Gasteiger partial charge is 0.383 e. The predicted molar refractivity (Wildman–Crippen MR) is 61.2 cm³/mol. The molecule has 1 aromatic rings. The van der Waals surface area contributed by atoms with Crippen LogP contribution in [-0.2, 0) is 4.74 Å². The Balaban J connectivity index is 2.64. The van der Waals surface area contributed by atoms with E-state index in [-0.39, 0.29) is 11.9 Å². The Morgan fingerprint density at radius 3 is 3.00 bits per heavy atom. The van der Waals surface area contributed by atoms with Gasteiger partial charge in [0.05, 0.1) is 12.6 Å². The van der Waals surface area contributed by atoms with E-state index in [2.05, 4.69) is 10.3 Å². The summed E-state index contributed by atoms with van der Waals surface area (Å²) in [5.41, 5.74) is 6.90. The SMILES string of the molecule is COCC(CN)NC(=O)c1ccnc(C)c1. The molecule has 16 heavy (non-hydrogen) atoms. The van der Waals surface area contributed by atoms with Gasteiger partial charge in [0.1, 0.15) is 0 Å². The lowest BCUT2D eigenvalue weighted by molar-refractivity contribution is 0.0900. The molecule has 0 aromatic carbocycles. The molecule has 0 saturated carbocycles. The summed E-state index contributed by atoms with van der Waals surface area (Å²) in [6.45, 7) is 2.60. The fourth-order valence-electron chi connectivity index (χ4n) is 1.33. The minimum atomic E-state index is -0.161. The number of hydrogen-bond acceptors (Lipinski definition) is 4. The van der Waals surface area contributed by atoms with Gasteiger partial charge in [-0.25, -0.2) is 0 Å². The van der Waals surface area contributed by atoms with E-state index in [1.165, 1.54) is 0 Å². The van der Waals surface area contributed by atoms with Gasteiger partial charge >= 0.3 is 0 Å². The van der Waals surface area contributed by atoms with Crippen LogP contribution < -0.4 is 11.1 Å². The first-order chi connectivity index (χ1) is 7.67. The zero-order valence-electron chi connectivity index (χ0n) is 9.56. The maximum absolute atomic E-state index is 11.8. The van der Waals surface area contributed by atoms with Crippen molar-refractivity contribution in [1.82, 2.24) is 10.3 Å². The molecule has 1 atom stereocenters. The molecular formula is C11H17N3O2. The number of methoxy groups -OCH3 is 1. The maximum atomic E-state index is 11.8. The van der Waals surface area contributed by atoms with Crippen LogP contribution in [0.4, 0.5) is 0 Å². The molecule has 0 aliphatic rings. The van der Waals surface area contributed by atoms with Gasteiger partial charge in [-0.05, 0) is 19.1 Å². The lowest BCUT2D eigenvalue weighted by Gasteiger charge is -2.15. The van der Waals surface area contributed by atoms with Gasteiger partial charge in [-0.3, -0.25) is 9.78 Å². The summed E-state index contributed by atoms with van der Waals surface area (Å²) in [6.07, 6.45) is 1.61. The molecule has 0 radical (unpaired) electrons. The number of ether oxygens (including phenoxy) is 1. The van der Waals surface area contributed by atoms with Crippen molar-refractivity contribution in [2.24, 2.45) is 5.73 Å². The molecule has 1 amide bonds. The van der Waals surface area contributed by atoms with Crippen LogP contribution in [0.5, 0.6) is 0 Å². The second kappa shape index (κ2) is 6.19. The fourth-order valence-corrected chi connectivity index (χ4v) is 1.33. The van der Waals surface area contributed by atoms with E-state index in [0.717, 1.165) is 5.69 Å². The summed E-state index contributed by atoms with van der Waals surface area (Å²) in [5.74, 6) is -0.155. The molecule has 5 nitrogen and oxygen atoms in total. The molecule has 1 aromatic heterocycles. The summed E-state index contributed by atoms with van der Waals surface area (Å²) in [5, 5.41) is 2.79. The third kappa shape index (κ3) is 3.60. The molecule has 3 N–H and O–H groups in total. The molecule has 0 saturated heterocycles. The van der Waals surface area contributed by atoms with Gasteiger partial charge in [0.2, 0.25) is 0 Å². The van der Waals surface area contributed by atoms with E-state index in [0.29, 0.717) is 18.7 Å². The van der Waals surface area contributed by atoms with Crippen LogP contribution in [0.15, 0.2) is 18.3 Å². The third-order valence-electron chi connectivity index (χ3n) is 2.15. The first-order valence-electron chi connectivity index (χ1n) is 5.10. The van der Waals surface area contributed by atoms with Crippen LogP contribution in [0.3, 0.4) is 0 Å². The highest BCUT2D eigenvalue weighted by Gasteiger charge is 2.12. The molecule has 1 rings (SSSR count). The molecule has 0 fully saturated rings. The lowest BCUT2D eigenvalue weighted by atomic mass is 10.2. The van der Waals surface area contributed by atoms with Crippen molar-refractivity contribution in [3.63, 3.8) is 0 Å². The van der Waals surface area contributed by atoms with E-state index in [1.54, 1.807) is 25.4 Å². The number of hydrogen-bond donors (Lipinski definition) is 2. The normalized spacial score (nSPS) is 12.2. The van der Waals surface area contributed by atoms with Crippen LogP contribution >= 0.6 is 0 Å². The summed E-state index contributed by atoms with van der Waals surface area (Å²) in [7, 11) is 1.57. The average Bonchev–Trinajstić information content (AvgIpc) is 2.28. The molecule has 1 unspecified atom stereocenters. The number of rotatable bonds is 5. The average molecular weight is 223 g/mol. The third-order valence-corrected chi connectivity index (χ3v) is 2.15. The lowest BCUT2D eigenvalue weighted by Crippen LogP contribution is -2.43.